The Labute approximate surface area is 118 Å². The van der Waals surface area contributed by atoms with Gasteiger partial charge in [-0.05, 0) is 25.3 Å². The van der Waals surface area contributed by atoms with Crippen LogP contribution >= 0.6 is 0 Å². The van der Waals surface area contributed by atoms with Gasteiger partial charge in [-0.3, -0.25) is 4.98 Å². The van der Waals surface area contributed by atoms with Gasteiger partial charge in [-0.2, -0.15) is 0 Å². The zero-order chi connectivity index (χ0) is 13.9. The first-order valence-electron chi connectivity index (χ1n) is 6.99. The molecule has 2 heterocycles. The fourth-order valence-electron chi connectivity index (χ4n) is 2.02. The number of pyridine rings is 1. The molecule has 0 unspecified atom stereocenters. The van der Waals surface area contributed by atoms with E-state index in [1.165, 1.54) is 0 Å². The minimum absolute atomic E-state index is 0.477. The largest absolute Gasteiger partial charge is 0.492 e. The summed E-state index contributed by atoms with van der Waals surface area (Å²) in [7, 11) is 0. The van der Waals surface area contributed by atoms with E-state index in [1.54, 1.807) is 18.5 Å². The van der Waals surface area contributed by atoms with Gasteiger partial charge in [-0.25, -0.2) is 9.97 Å². The summed E-state index contributed by atoms with van der Waals surface area (Å²) in [5.74, 6) is 2.59. The summed E-state index contributed by atoms with van der Waals surface area (Å²) >= 11 is 0. The first kappa shape index (κ1) is 12.8. The minimum Gasteiger partial charge on any atom is -0.492 e. The maximum atomic E-state index is 5.88. The van der Waals surface area contributed by atoms with Crippen molar-refractivity contribution in [3.8, 4) is 17.0 Å². The summed E-state index contributed by atoms with van der Waals surface area (Å²) in [4.78, 5) is 13.1. The van der Waals surface area contributed by atoms with Crippen molar-refractivity contribution in [1.29, 1.82) is 0 Å². The van der Waals surface area contributed by atoms with Crippen molar-refractivity contribution in [2.45, 2.75) is 32.1 Å². The monoisotopic (exact) mass is 270 g/mol. The van der Waals surface area contributed by atoms with E-state index in [2.05, 4.69) is 21.9 Å². The number of hydrogen-bond acceptors (Lipinski definition) is 5. The highest BCUT2D eigenvalue weighted by atomic mass is 16.5. The molecule has 0 radical (unpaired) electrons. The number of anilines is 1. The van der Waals surface area contributed by atoms with Gasteiger partial charge in [0.25, 0.3) is 0 Å². The molecular weight excluding hydrogens is 252 g/mol. The van der Waals surface area contributed by atoms with Crippen LogP contribution in [0.2, 0.25) is 0 Å². The Morgan fingerprint density at radius 3 is 2.85 bits per heavy atom. The van der Waals surface area contributed by atoms with Gasteiger partial charge in [0, 0.05) is 23.7 Å². The summed E-state index contributed by atoms with van der Waals surface area (Å²) in [6.07, 6.45) is 6.76. The maximum absolute atomic E-state index is 5.88. The van der Waals surface area contributed by atoms with Crippen LogP contribution in [0.15, 0.2) is 24.5 Å². The number of nitrogens with two attached hydrogens (primary N) is 1. The van der Waals surface area contributed by atoms with E-state index in [9.17, 15) is 0 Å². The Bertz CT molecular complexity index is 611. The van der Waals surface area contributed by atoms with Gasteiger partial charge in [0.15, 0.2) is 0 Å². The van der Waals surface area contributed by atoms with Crippen LogP contribution in [0.1, 0.15) is 37.9 Å². The zero-order valence-corrected chi connectivity index (χ0v) is 11.5. The van der Waals surface area contributed by atoms with Crippen molar-refractivity contribution in [2.75, 3.05) is 12.3 Å². The number of nitrogens with zero attached hydrogens (tertiary/aromatic N) is 3. The molecule has 104 valence electrons. The molecule has 0 amide bonds. The van der Waals surface area contributed by atoms with E-state index < -0.39 is 0 Å². The van der Waals surface area contributed by atoms with Crippen LogP contribution in [0.3, 0.4) is 0 Å². The number of aromatic nitrogens is 3. The number of rotatable bonds is 5. The highest BCUT2D eigenvalue weighted by molar-refractivity contribution is 5.62. The van der Waals surface area contributed by atoms with Crippen LogP contribution in [0, 0.1) is 0 Å². The fourth-order valence-corrected chi connectivity index (χ4v) is 2.02. The third-order valence-corrected chi connectivity index (χ3v) is 3.19. The summed E-state index contributed by atoms with van der Waals surface area (Å²) < 4.78 is 5.60. The molecule has 0 spiro atoms. The zero-order valence-electron chi connectivity index (χ0n) is 11.5. The molecule has 2 aromatic rings. The Balaban J connectivity index is 1.91. The summed E-state index contributed by atoms with van der Waals surface area (Å²) in [5, 5.41) is 0. The molecular formula is C15H18N4O. The second kappa shape index (κ2) is 5.45. The van der Waals surface area contributed by atoms with Gasteiger partial charge in [0.05, 0.1) is 18.5 Å². The molecule has 1 fully saturated rings. The number of nitrogen functional groups attached to an aromatic ring is 1. The quantitative estimate of drug-likeness (QED) is 0.904. The van der Waals surface area contributed by atoms with Crippen molar-refractivity contribution < 1.29 is 4.74 Å². The molecule has 2 N–H and O–H groups in total. The first-order chi connectivity index (χ1) is 9.76. The van der Waals surface area contributed by atoms with E-state index in [0.29, 0.717) is 18.3 Å². The lowest BCUT2D eigenvalue weighted by molar-refractivity contribution is 0.316. The third-order valence-electron chi connectivity index (χ3n) is 3.19. The Morgan fingerprint density at radius 2 is 2.10 bits per heavy atom. The lowest BCUT2D eigenvalue weighted by atomic mass is 10.2. The highest BCUT2D eigenvalue weighted by Crippen LogP contribution is 2.39. The molecule has 5 nitrogen and oxygen atoms in total. The predicted octanol–water partition coefficient (Wildman–Crippen LogP) is 2.79. The fraction of sp³-hybridized carbons (Fsp3) is 0.400. The van der Waals surface area contributed by atoms with Crippen molar-refractivity contribution in [2.24, 2.45) is 0 Å². The van der Waals surface area contributed by atoms with Crippen molar-refractivity contribution >= 4 is 5.82 Å². The highest BCUT2D eigenvalue weighted by Gasteiger charge is 2.27. The lowest BCUT2D eigenvalue weighted by Crippen LogP contribution is -2.01. The van der Waals surface area contributed by atoms with Crippen LogP contribution in [-0.4, -0.2) is 21.6 Å². The van der Waals surface area contributed by atoms with Crippen LogP contribution in [0.25, 0.3) is 11.3 Å². The van der Waals surface area contributed by atoms with Gasteiger partial charge in [-0.15, -0.1) is 0 Å². The summed E-state index contributed by atoms with van der Waals surface area (Å²) in [5.41, 5.74) is 7.60. The number of hydrogen-bond donors (Lipinski definition) is 1. The Hall–Kier alpha value is -2.17. The van der Waals surface area contributed by atoms with Gasteiger partial charge in [0.1, 0.15) is 17.4 Å². The molecule has 0 aromatic carbocycles. The summed E-state index contributed by atoms with van der Waals surface area (Å²) in [6, 6.07) is 3.73. The third kappa shape index (κ3) is 2.87. The SMILES string of the molecule is CCCOc1cncc(-c2cc(N)nc(C3CC3)n2)c1. The lowest BCUT2D eigenvalue weighted by Gasteiger charge is -2.08. The first-order valence-corrected chi connectivity index (χ1v) is 6.99. The normalized spacial score (nSPS) is 14.2. The van der Waals surface area contributed by atoms with E-state index >= 15 is 0 Å². The standard InChI is InChI=1S/C15H18N4O/c1-2-5-20-12-6-11(8-17-9-12)13-7-14(16)19-15(18-13)10-3-4-10/h6-10H,2-5H2,1H3,(H2,16,18,19). The molecule has 0 saturated heterocycles. The Kier molecular flexibility index (Phi) is 3.50. The van der Waals surface area contributed by atoms with E-state index in [0.717, 1.165) is 42.1 Å². The molecule has 1 aliphatic rings. The molecule has 1 aliphatic carbocycles. The molecule has 3 rings (SSSR count). The van der Waals surface area contributed by atoms with E-state index in [1.807, 2.05) is 6.07 Å². The van der Waals surface area contributed by atoms with Crippen LogP contribution in [0.5, 0.6) is 5.75 Å². The van der Waals surface area contributed by atoms with Crippen LogP contribution < -0.4 is 10.5 Å². The molecule has 0 aliphatic heterocycles. The second-order valence-electron chi connectivity index (χ2n) is 5.07. The topological polar surface area (TPSA) is 73.9 Å². The van der Waals surface area contributed by atoms with Crippen LogP contribution in [0.4, 0.5) is 5.82 Å². The molecule has 0 bridgehead atoms. The van der Waals surface area contributed by atoms with E-state index in [-0.39, 0.29) is 0 Å². The average Bonchev–Trinajstić information content (AvgIpc) is 3.29. The van der Waals surface area contributed by atoms with Gasteiger partial charge in [-0.1, -0.05) is 6.92 Å². The number of ether oxygens (including phenoxy) is 1. The average molecular weight is 270 g/mol. The smallest absolute Gasteiger partial charge is 0.138 e. The van der Waals surface area contributed by atoms with Crippen molar-refractivity contribution in [1.82, 2.24) is 15.0 Å². The summed E-state index contributed by atoms with van der Waals surface area (Å²) in [6.45, 7) is 2.76. The Morgan fingerprint density at radius 1 is 1.25 bits per heavy atom. The van der Waals surface area contributed by atoms with Crippen molar-refractivity contribution in [3.05, 3.63) is 30.4 Å². The predicted molar refractivity (Wildman–Crippen MR) is 77.4 cm³/mol. The maximum Gasteiger partial charge on any atom is 0.138 e. The van der Waals surface area contributed by atoms with Crippen LogP contribution in [-0.2, 0) is 0 Å². The second-order valence-corrected chi connectivity index (χ2v) is 5.07. The van der Waals surface area contributed by atoms with E-state index in [4.69, 9.17) is 10.5 Å². The van der Waals surface area contributed by atoms with Gasteiger partial charge >= 0.3 is 0 Å². The molecule has 1 saturated carbocycles. The molecule has 2 aromatic heterocycles. The molecule has 0 atom stereocenters. The van der Waals surface area contributed by atoms with Gasteiger partial charge < -0.3 is 10.5 Å². The molecule has 5 heteroatoms. The van der Waals surface area contributed by atoms with Crippen molar-refractivity contribution in [3.63, 3.8) is 0 Å². The van der Waals surface area contributed by atoms with Gasteiger partial charge in [0.2, 0.25) is 0 Å². The minimum atomic E-state index is 0.477. The molecule has 20 heavy (non-hydrogen) atoms.